The van der Waals surface area contributed by atoms with Crippen LogP contribution in [0.5, 0.6) is 0 Å². The molecule has 3 amide bonds. The molecule has 346 valence electrons. The minimum absolute atomic E-state index is 0.00317. The average Bonchev–Trinajstić information content (AvgIpc) is 3.57. The molecule has 2 aliphatic rings. The lowest BCUT2D eigenvalue weighted by Crippen LogP contribution is -2.61. The van der Waals surface area contributed by atoms with Crippen molar-refractivity contribution < 1.29 is 42.9 Å². The first-order chi connectivity index (χ1) is 30.5. The summed E-state index contributed by atoms with van der Waals surface area (Å²) in [7, 11) is 1.68. The number of morpholine rings is 1. The molecule has 2 N–H and O–H groups in total. The number of amides is 3. The molecule has 0 bridgehead atoms. The summed E-state index contributed by atoms with van der Waals surface area (Å²) in [4.78, 5) is 60.6. The van der Waals surface area contributed by atoms with E-state index in [1.54, 1.807) is 39.0 Å². The van der Waals surface area contributed by atoms with Crippen LogP contribution in [0.1, 0.15) is 90.7 Å². The van der Waals surface area contributed by atoms with Crippen molar-refractivity contribution in [3.63, 3.8) is 0 Å². The van der Waals surface area contributed by atoms with Gasteiger partial charge in [0.1, 0.15) is 24.3 Å². The Morgan fingerprint density at radius 2 is 1.78 bits per heavy atom. The lowest BCUT2D eigenvalue weighted by molar-refractivity contribution is -0.155. The van der Waals surface area contributed by atoms with Gasteiger partial charge in [0.05, 0.1) is 43.4 Å². The number of aromatic nitrogens is 2. The second-order valence-corrected chi connectivity index (χ2v) is 19.1. The molecule has 0 saturated carbocycles. The minimum atomic E-state index is -1.11. The molecule has 2 aromatic carbocycles. The highest BCUT2D eigenvalue weighted by Gasteiger charge is 2.38. The lowest BCUT2D eigenvalue weighted by atomic mass is 9.84. The summed E-state index contributed by atoms with van der Waals surface area (Å²) >= 11 is 3.70. The number of nitrogens with one attached hydrogen (secondary N) is 2. The highest BCUT2D eigenvalue weighted by atomic mass is 79.9. The minimum Gasteiger partial charge on any atom is -0.464 e. The standard InChI is InChI=1S/C48H63BrN6O9/c1-9-54-40-20-19-33(49)25-36(40)37(42(54)35-17-13-21-50-41(35)31(2)60-8)27-48(6,7)30-63-44(57)38-18-14-22-55(52-38)43(56)39(51-45(58)62-29-32-15-11-10-12-16-32)26-34-28-53(23-24-61-34)46(59)64-47(3,4)5/h10-13,15-17,19-21,25,31,34,38-39,52H,9,14,18,22-24,26-30H2,1-8H3,(H,51,58)/t31-,34-,38-,39-/m0/s1. The normalized spacial score (nSPS) is 18.0. The van der Waals surface area contributed by atoms with E-state index in [4.69, 9.17) is 28.7 Å². The van der Waals surface area contributed by atoms with E-state index in [0.717, 1.165) is 50.0 Å². The number of alkyl carbamates (subject to hydrolysis) is 1. The van der Waals surface area contributed by atoms with Gasteiger partial charge in [-0.15, -0.1) is 0 Å². The van der Waals surface area contributed by atoms with Gasteiger partial charge in [0.25, 0.3) is 5.91 Å². The van der Waals surface area contributed by atoms with Crippen molar-refractivity contribution in [3.8, 4) is 11.3 Å². The van der Waals surface area contributed by atoms with E-state index >= 15 is 0 Å². The van der Waals surface area contributed by atoms with Gasteiger partial charge in [-0.25, -0.2) is 15.0 Å². The molecule has 4 heterocycles. The number of carbonyl (C=O) groups is 4. The molecule has 2 saturated heterocycles. The van der Waals surface area contributed by atoms with Gasteiger partial charge >= 0.3 is 18.2 Å². The highest BCUT2D eigenvalue weighted by Crippen LogP contribution is 2.41. The van der Waals surface area contributed by atoms with Gasteiger partial charge in [0.2, 0.25) is 0 Å². The first kappa shape index (κ1) is 48.4. The molecule has 4 atom stereocenters. The Labute approximate surface area is 384 Å². The Morgan fingerprint density at radius 1 is 1.02 bits per heavy atom. The molecule has 6 rings (SSSR count). The number of hydrogen-bond acceptors (Lipinski definition) is 11. The van der Waals surface area contributed by atoms with Crippen LogP contribution in [-0.2, 0) is 52.8 Å². The number of hydrazine groups is 1. The van der Waals surface area contributed by atoms with Crippen molar-refractivity contribution in [3.05, 3.63) is 88.2 Å². The van der Waals surface area contributed by atoms with Crippen LogP contribution in [0.4, 0.5) is 9.59 Å². The quantitative estimate of drug-likeness (QED) is 0.0875. The molecule has 0 spiro atoms. The van der Waals surface area contributed by atoms with E-state index < -0.39 is 53.3 Å². The molecule has 15 nitrogen and oxygen atoms in total. The van der Waals surface area contributed by atoms with Crippen LogP contribution in [0, 0.1) is 5.41 Å². The molecule has 0 aliphatic carbocycles. The zero-order chi connectivity index (χ0) is 46.2. The van der Waals surface area contributed by atoms with Crippen molar-refractivity contribution >= 4 is 50.9 Å². The number of nitrogens with zero attached hydrogens (tertiary/aromatic N) is 4. The highest BCUT2D eigenvalue weighted by molar-refractivity contribution is 9.10. The van der Waals surface area contributed by atoms with Gasteiger partial charge in [-0.05, 0) is 95.3 Å². The largest absolute Gasteiger partial charge is 0.464 e. The fourth-order valence-electron chi connectivity index (χ4n) is 8.21. The Bertz CT molecular complexity index is 2260. The summed E-state index contributed by atoms with van der Waals surface area (Å²) in [5, 5.41) is 5.20. The Balaban J connectivity index is 1.16. The van der Waals surface area contributed by atoms with E-state index in [9.17, 15) is 19.2 Å². The molecule has 2 aliphatic heterocycles. The number of rotatable bonds is 15. The Morgan fingerprint density at radius 3 is 2.50 bits per heavy atom. The van der Waals surface area contributed by atoms with Crippen molar-refractivity contribution in [1.29, 1.82) is 0 Å². The third kappa shape index (κ3) is 12.4. The van der Waals surface area contributed by atoms with Gasteiger partial charge in [-0.2, -0.15) is 0 Å². The number of halogens is 1. The van der Waals surface area contributed by atoms with Gasteiger partial charge in [0.15, 0.2) is 0 Å². The second-order valence-electron chi connectivity index (χ2n) is 18.2. The Hall–Kier alpha value is -5.03. The topological polar surface area (TPSA) is 163 Å². The van der Waals surface area contributed by atoms with E-state index in [2.05, 4.69) is 70.2 Å². The van der Waals surface area contributed by atoms with E-state index in [0.29, 0.717) is 32.4 Å². The average molecular weight is 948 g/mol. The summed E-state index contributed by atoms with van der Waals surface area (Å²) in [6.45, 7) is 15.5. The molecule has 64 heavy (non-hydrogen) atoms. The fraction of sp³-hybridized carbons (Fsp3) is 0.521. The molecule has 0 radical (unpaired) electrons. The van der Waals surface area contributed by atoms with Crippen LogP contribution in [0.2, 0.25) is 0 Å². The molecule has 2 fully saturated rings. The van der Waals surface area contributed by atoms with Crippen molar-refractivity contribution in [2.75, 3.05) is 40.0 Å². The van der Waals surface area contributed by atoms with Crippen molar-refractivity contribution in [1.82, 2.24) is 30.2 Å². The number of pyridine rings is 1. The summed E-state index contributed by atoms with van der Waals surface area (Å²) in [6, 6.07) is 17.6. The number of aryl methyl sites for hydroxylation is 1. The summed E-state index contributed by atoms with van der Waals surface area (Å²) in [5.74, 6) is -0.959. The molecule has 2 aromatic heterocycles. The molecule has 16 heteroatoms. The van der Waals surface area contributed by atoms with E-state index in [1.807, 2.05) is 49.4 Å². The van der Waals surface area contributed by atoms with Crippen molar-refractivity contribution in [2.24, 2.45) is 5.41 Å². The molecule has 0 unspecified atom stereocenters. The van der Waals surface area contributed by atoms with Crippen LogP contribution in [0.25, 0.3) is 22.2 Å². The number of hydrogen-bond donors (Lipinski definition) is 2. The summed E-state index contributed by atoms with van der Waals surface area (Å²) < 4.78 is 32.2. The number of methoxy groups -OCH3 is 1. The molecular formula is C48H63BrN6O9. The number of carbonyl (C=O) groups excluding carboxylic acids is 4. The lowest BCUT2D eigenvalue weighted by Gasteiger charge is -2.38. The third-order valence-electron chi connectivity index (χ3n) is 11.4. The maximum Gasteiger partial charge on any atom is 0.410 e. The monoisotopic (exact) mass is 946 g/mol. The smallest absolute Gasteiger partial charge is 0.410 e. The van der Waals surface area contributed by atoms with Gasteiger partial charge < -0.3 is 38.5 Å². The number of esters is 1. The first-order valence-corrected chi connectivity index (χ1v) is 22.9. The zero-order valence-electron chi connectivity index (χ0n) is 38.3. The van der Waals surface area contributed by atoms with Gasteiger partial charge in [0, 0.05) is 65.7 Å². The van der Waals surface area contributed by atoms with Crippen LogP contribution in [-0.4, -0.2) is 107 Å². The maximum absolute atomic E-state index is 14.3. The first-order valence-electron chi connectivity index (χ1n) is 22.1. The number of ether oxygens (including phenoxy) is 5. The second kappa shape index (κ2) is 21.3. The SMILES string of the molecule is CCn1c(-c2cccnc2[C@H](C)OC)c(CC(C)(C)COC(=O)[C@@H]2CCCN(C(=O)[C@H](C[C@H]3CN(C(=O)OC(C)(C)C)CCO3)NC(=O)OCc3ccccc3)N2)c2cc(Br)ccc21. The van der Waals surface area contributed by atoms with Crippen molar-refractivity contribution in [2.45, 2.75) is 117 Å². The van der Waals surface area contributed by atoms with Gasteiger partial charge in [-0.1, -0.05) is 60.1 Å². The van der Waals surface area contributed by atoms with Gasteiger partial charge in [-0.3, -0.25) is 19.6 Å². The predicted molar refractivity (Wildman–Crippen MR) is 246 cm³/mol. The van der Waals surface area contributed by atoms with Crippen LogP contribution in [0.3, 0.4) is 0 Å². The predicted octanol–water partition coefficient (Wildman–Crippen LogP) is 8.12. The number of fused-ring (bicyclic) bond motifs is 1. The molecule has 4 aromatic rings. The molecular weight excluding hydrogens is 884 g/mol. The Kier molecular flexibility index (Phi) is 16.1. The summed E-state index contributed by atoms with van der Waals surface area (Å²) in [6.07, 6.45) is 1.25. The fourth-order valence-corrected chi connectivity index (χ4v) is 8.57. The third-order valence-corrected chi connectivity index (χ3v) is 11.9. The van der Waals surface area contributed by atoms with E-state index in [-0.39, 0.29) is 38.9 Å². The summed E-state index contributed by atoms with van der Waals surface area (Å²) in [5.41, 5.74) is 7.76. The number of benzene rings is 2. The zero-order valence-corrected chi connectivity index (χ0v) is 39.9. The maximum atomic E-state index is 14.3. The van der Waals surface area contributed by atoms with Crippen LogP contribution >= 0.6 is 15.9 Å². The van der Waals surface area contributed by atoms with E-state index in [1.165, 1.54) is 5.01 Å². The van der Waals surface area contributed by atoms with Crippen LogP contribution in [0.15, 0.2) is 71.3 Å². The van der Waals surface area contributed by atoms with Crippen LogP contribution < -0.4 is 10.7 Å².